The fourth-order valence-electron chi connectivity index (χ4n) is 1.24. The van der Waals surface area contributed by atoms with Crippen LogP contribution in [-0.2, 0) is 6.54 Å². The van der Waals surface area contributed by atoms with Gasteiger partial charge >= 0.3 is 6.01 Å². The number of rotatable bonds is 4. The largest absolute Gasteiger partial charge is 0.424 e. The van der Waals surface area contributed by atoms with Crippen molar-refractivity contribution in [2.45, 2.75) is 6.54 Å². The molecule has 0 atom stereocenters. The summed E-state index contributed by atoms with van der Waals surface area (Å²) in [5.74, 6) is 0.432. The van der Waals surface area contributed by atoms with E-state index in [0.717, 1.165) is 5.56 Å². The van der Waals surface area contributed by atoms with Gasteiger partial charge in [0, 0.05) is 36.6 Å². The molecule has 92 valence electrons. The van der Waals surface area contributed by atoms with Crippen LogP contribution in [0.2, 0.25) is 0 Å². The SMILES string of the molecule is NCc1cnc(Oc2ccc([N+](=O)[O-])cc2)nc1. The van der Waals surface area contributed by atoms with Gasteiger partial charge in [0.05, 0.1) is 4.92 Å². The number of nitro benzene ring substituents is 1. The fourth-order valence-corrected chi connectivity index (χ4v) is 1.24. The first kappa shape index (κ1) is 11.9. The van der Waals surface area contributed by atoms with Crippen molar-refractivity contribution >= 4 is 5.69 Å². The van der Waals surface area contributed by atoms with Crippen LogP contribution in [0.4, 0.5) is 5.69 Å². The summed E-state index contributed by atoms with van der Waals surface area (Å²) in [5.41, 5.74) is 6.21. The average Bonchev–Trinajstić information content (AvgIpc) is 2.40. The minimum atomic E-state index is -0.476. The normalized spacial score (nSPS) is 10.1. The van der Waals surface area contributed by atoms with Crippen molar-refractivity contribution in [3.8, 4) is 11.8 Å². The van der Waals surface area contributed by atoms with Crippen molar-refractivity contribution in [3.63, 3.8) is 0 Å². The number of non-ortho nitro benzene ring substituents is 1. The molecule has 0 amide bonds. The Labute approximate surface area is 102 Å². The molecule has 1 heterocycles. The molecule has 7 heteroatoms. The van der Waals surface area contributed by atoms with E-state index >= 15 is 0 Å². The Balaban J connectivity index is 2.10. The highest BCUT2D eigenvalue weighted by Crippen LogP contribution is 2.20. The summed E-state index contributed by atoms with van der Waals surface area (Å²) in [5, 5.41) is 10.5. The molecule has 0 fully saturated rings. The number of nitrogens with two attached hydrogens (primary N) is 1. The lowest BCUT2D eigenvalue weighted by Gasteiger charge is -2.03. The van der Waals surface area contributed by atoms with Gasteiger partial charge in [-0.25, -0.2) is 9.97 Å². The second-order valence-electron chi connectivity index (χ2n) is 3.43. The molecule has 2 N–H and O–H groups in total. The molecule has 7 nitrogen and oxygen atoms in total. The molecule has 0 spiro atoms. The monoisotopic (exact) mass is 246 g/mol. The number of hydrogen-bond acceptors (Lipinski definition) is 6. The van der Waals surface area contributed by atoms with E-state index in [4.69, 9.17) is 10.5 Å². The maximum atomic E-state index is 10.5. The first-order valence-electron chi connectivity index (χ1n) is 5.12. The molecule has 18 heavy (non-hydrogen) atoms. The Morgan fingerprint density at radius 3 is 2.33 bits per heavy atom. The zero-order chi connectivity index (χ0) is 13.0. The Hall–Kier alpha value is -2.54. The molecule has 1 aromatic carbocycles. The van der Waals surface area contributed by atoms with E-state index in [2.05, 4.69) is 9.97 Å². The van der Waals surface area contributed by atoms with Crippen LogP contribution in [0.3, 0.4) is 0 Å². The Morgan fingerprint density at radius 1 is 1.22 bits per heavy atom. The predicted molar refractivity (Wildman–Crippen MR) is 63.1 cm³/mol. The molecular weight excluding hydrogens is 236 g/mol. The van der Waals surface area contributed by atoms with E-state index in [0.29, 0.717) is 12.3 Å². The van der Waals surface area contributed by atoms with Gasteiger partial charge in [-0.2, -0.15) is 0 Å². The Bertz CT molecular complexity index is 539. The van der Waals surface area contributed by atoms with Crippen molar-refractivity contribution in [2.75, 3.05) is 0 Å². The van der Waals surface area contributed by atoms with Gasteiger partial charge in [0.25, 0.3) is 5.69 Å². The summed E-state index contributed by atoms with van der Waals surface area (Å²) >= 11 is 0. The molecule has 1 aromatic heterocycles. The van der Waals surface area contributed by atoms with Crippen molar-refractivity contribution in [1.29, 1.82) is 0 Å². The lowest BCUT2D eigenvalue weighted by molar-refractivity contribution is -0.384. The maximum Gasteiger partial charge on any atom is 0.321 e. The molecule has 0 radical (unpaired) electrons. The summed E-state index contributed by atoms with van der Waals surface area (Å²) in [6.07, 6.45) is 3.13. The first-order chi connectivity index (χ1) is 8.69. The highest BCUT2D eigenvalue weighted by molar-refractivity contribution is 5.36. The average molecular weight is 246 g/mol. The number of benzene rings is 1. The number of ether oxygens (including phenoxy) is 1. The Kier molecular flexibility index (Phi) is 3.44. The lowest BCUT2D eigenvalue weighted by Crippen LogP contribution is -1.99. The van der Waals surface area contributed by atoms with Gasteiger partial charge in [-0.1, -0.05) is 0 Å². The summed E-state index contributed by atoms with van der Waals surface area (Å²) < 4.78 is 5.33. The van der Waals surface area contributed by atoms with Crippen LogP contribution in [0.25, 0.3) is 0 Å². The number of aromatic nitrogens is 2. The van der Waals surface area contributed by atoms with Crippen LogP contribution in [0.15, 0.2) is 36.7 Å². The molecule has 0 saturated heterocycles. The third-order valence-corrected chi connectivity index (χ3v) is 2.17. The van der Waals surface area contributed by atoms with Crippen LogP contribution in [0, 0.1) is 10.1 Å². The van der Waals surface area contributed by atoms with Gasteiger partial charge in [-0.15, -0.1) is 0 Å². The summed E-state index contributed by atoms with van der Waals surface area (Å²) in [4.78, 5) is 17.9. The second-order valence-corrected chi connectivity index (χ2v) is 3.43. The van der Waals surface area contributed by atoms with Crippen molar-refractivity contribution in [2.24, 2.45) is 5.73 Å². The topological polar surface area (TPSA) is 104 Å². The predicted octanol–water partition coefficient (Wildman–Crippen LogP) is 1.64. The zero-order valence-corrected chi connectivity index (χ0v) is 9.31. The van der Waals surface area contributed by atoms with Crippen molar-refractivity contribution in [3.05, 3.63) is 52.3 Å². The lowest BCUT2D eigenvalue weighted by atomic mass is 10.3. The number of nitro groups is 1. The van der Waals surface area contributed by atoms with E-state index < -0.39 is 4.92 Å². The van der Waals surface area contributed by atoms with E-state index in [1.54, 1.807) is 12.4 Å². The Morgan fingerprint density at radius 2 is 1.83 bits per heavy atom. The molecule has 0 aliphatic carbocycles. The van der Waals surface area contributed by atoms with Gasteiger partial charge in [-0.3, -0.25) is 10.1 Å². The molecule has 2 aromatic rings. The van der Waals surface area contributed by atoms with Gasteiger partial charge in [-0.05, 0) is 12.1 Å². The van der Waals surface area contributed by atoms with Gasteiger partial charge < -0.3 is 10.5 Å². The van der Waals surface area contributed by atoms with Gasteiger partial charge in [0.1, 0.15) is 5.75 Å². The highest BCUT2D eigenvalue weighted by atomic mass is 16.6. The molecule has 0 bridgehead atoms. The summed E-state index contributed by atoms with van der Waals surface area (Å²) in [6.45, 7) is 0.359. The van der Waals surface area contributed by atoms with Crippen LogP contribution in [0.1, 0.15) is 5.56 Å². The highest BCUT2D eigenvalue weighted by Gasteiger charge is 2.06. The summed E-state index contributed by atoms with van der Waals surface area (Å²) in [7, 11) is 0. The smallest absolute Gasteiger partial charge is 0.321 e. The minimum absolute atomic E-state index is 0.00162. The van der Waals surface area contributed by atoms with Gasteiger partial charge in [0.15, 0.2) is 0 Å². The molecule has 0 aliphatic rings. The third-order valence-electron chi connectivity index (χ3n) is 2.17. The van der Waals surface area contributed by atoms with Crippen LogP contribution >= 0.6 is 0 Å². The molecule has 2 rings (SSSR count). The van der Waals surface area contributed by atoms with Crippen LogP contribution in [0.5, 0.6) is 11.8 Å². The summed E-state index contributed by atoms with van der Waals surface area (Å²) in [6, 6.07) is 5.84. The quantitative estimate of drug-likeness (QED) is 0.649. The molecule has 0 aliphatic heterocycles. The third kappa shape index (κ3) is 2.77. The fraction of sp³-hybridized carbons (Fsp3) is 0.0909. The van der Waals surface area contributed by atoms with Crippen LogP contribution < -0.4 is 10.5 Å². The van der Waals surface area contributed by atoms with E-state index in [1.165, 1.54) is 24.3 Å². The number of nitrogens with zero attached hydrogens (tertiary/aromatic N) is 3. The molecule has 0 unspecified atom stereocenters. The minimum Gasteiger partial charge on any atom is -0.424 e. The van der Waals surface area contributed by atoms with E-state index in [-0.39, 0.29) is 11.7 Å². The maximum absolute atomic E-state index is 10.5. The zero-order valence-electron chi connectivity index (χ0n) is 9.31. The van der Waals surface area contributed by atoms with Crippen LogP contribution in [-0.4, -0.2) is 14.9 Å². The number of hydrogen-bond donors (Lipinski definition) is 1. The molecular formula is C11H10N4O3. The standard InChI is InChI=1S/C11H10N4O3/c12-5-8-6-13-11(14-7-8)18-10-3-1-9(2-4-10)15(16)17/h1-4,6-7H,5,12H2. The first-order valence-corrected chi connectivity index (χ1v) is 5.12. The molecule has 0 saturated carbocycles. The second kappa shape index (κ2) is 5.19. The van der Waals surface area contributed by atoms with E-state index in [1.807, 2.05) is 0 Å². The van der Waals surface area contributed by atoms with Gasteiger partial charge in [0.2, 0.25) is 0 Å². The van der Waals surface area contributed by atoms with Crippen molar-refractivity contribution < 1.29 is 9.66 Å². The van der Waals surface area contributed by atoms with E-state index in [9.17, 15) is 10.1 Å². The van der Waals surface area contributed by atoms with Crippen molar-refractivity contribution in [1.82, 2.24) is 9.97 Å².